The van der Waals surface area contributed by atoms with Gasteiger partial charge >= 0.3 is 0 Å². The molecule has 0 radical (unpaired) electrons. The topological polar surface area (TPSA) is 59.1 Å². The van der Waals surface area contributed by atoms with Crippen molar-refractivity contribution in [3.8, 4) is 5.75 Å². The van der Waals surface area contributed by atoms with Crippen LogP contribution in [0.2, 0.25) is 0 Å². The summed E-state index contributed by atoms with van der Waals surface area (Å²) in [5, 5.41) is 0. The van der Waals surface area contributed by atoms with E-state index in [-0.39, 0.29) is 30.6 Å². The molecule has 2 aromatic rings. The highest BCUT2D eigenvalue weighted by atomic mass is 19.1. The number of ether oxygens (including phenoxy) is 2. The summed E-state index contributed by atoms with van der Waals surface area (Å²) in [4.78, 5) is 29.9. The first-order valence-electron chi connectivity index (χ1n) is 12.1. The second kappa shape index (κ2) is 11.0. The number of fused-ring (bicyclic) bond motifs is 1. The van der Waals surface area contributed by atoms with E-state index in [9.17, 15) is 14.0 Å². The molecule has 6 nitrogen and oxygen atoms in total. The molecule has 1 saturated heterocycles. The molecule has 0 saturated carbocycles. The van der Waals surface area contributed by atoms with Crippen LogP contribution in [-0.2, 0) is 27.2 Å². The van der Waals surface area contributed by atoms with Gasteiger partial charge in [0.15, 0.2) is 5.60 Å². The van der Waals surface area contributed by atoms with Crippen molar-refractivity contribution in [1.82, 2.24) is 9.80 Å². The molecule has 1 atom stereocenters. The number of para-hydroxylation sites is 1. The number of amides is 2. The summed E-state index contributed by atoms with van der Waals surface area (Å²) in [5.41, 5.74) is 0.640. The van der Waals surface area contributed by atoms with Crippen LogP contribution in [0.1, 0.15) is 36.8 Å². The molecule has 1 fully saturated rings. The van der Waals surface area contributed by atoms with E-state index in [0.717, 1.165) is 25.0 Å². The minimum absolute atomic E-state index is 0.0789. The van der Waals surface area contributed by atoms with Crippen LogP contribution in [0, 0.1) is 5.82 Å². The molecule has 0 aromatic heterocycles. The van der Waals surface area contributed by atoms with Crippen LogP contribution >= 0.6 is 0 Å². The van der Waals surface area contributed by atoms with Crippen LogP contribution in [-0.4, -0.2) is 67.1 Å². The largest absolute Gasteiger partial charge is 0.491 e. The van der Waals surface area contributed by atoms with Crippen LogP contribution in [0.15, 0.2) is 48.5 Å². The van der Waals surface area contributed by atoms with Crippen LogP contribution < -0.4 is 4.74 Å². The molecule has 2 amide bonds. The molecule has 0 aliphatic carbocycles. The summed E-state index contributed by atoms with van der Waals surface area (Å²) in [6.45, 7) is 1.79. The van der Waals surface area contributed by atoms with Gasteiger partial charge in [0.2, 0.25) is 5.91 Å². The van der Waals surface area contributed by atoms with E-state index in [0.29, 0.717) is 44.7 Å². The zero-order chi connectivity index (χ0) is 24.0. The maximum atomic E-state index is 14.0. The quantitative estimate of drug-likeness (QED) is 0.691. The van der Waals surface area contributed by atoms with Crippen molar-refractivity contribution in [3.05, 3.63) is 65.5 Å². The molecule has 1 unspecified atom stereocenters. The van der Waals surface area contributed by atoms with Gasteiger partial charge in [-0.15, -0.1) is 0 Å². The molecule has 1 spiro atoms. The molecule has 0 bridgehead atoms. The van der Waals surface area contributed by atoms with Crippen molar-refractivity contribution in [2.24, 2.45) is 0 Å². The molecule has 2 heterocycles. The Balaban J connectivity index is 1.45. The normalized spacial score (nSPS) is 21.9. The summed E-state index contributed by atoms with van der Waals surface area (Å²) in [7, 11) is 1.76. The SMILES string of the molecule is CN1CCOc2ccccc2CCCCC2(CN(C(=O)CCc3ccccc3F)CCO2)C1=O. The summed E-state index contributed by atoms with van der Waals surface area (Å²) in [6, 6.07) is 14.6. The fourth-order valence-corrected chi connectivity index (χ4v) is 4.80. The molecule has 0 N–H and O–H groups in total. The number of rotatable bonds is 3. The average Bonchev–Trinajstić information content (AvgIpc) is 2.85. The molecular formula is C27H33FN2O4. The van der Waals surface area contributed by atoms with Crippen molar-refractivity contribution in [3.63, 3.8) is 0 Å². The zero-order valence-corrected chi connectivity index (χ0v) is 19.8. The van der Waals surface area contributed by atoms with Gasteiger partial charge in [-0.3, -0.25) is 9.59 Å². The third kappa shape index (κ3) is 5.58. The molecule has 7 heteroatoms. The Labute approximate surface area is 200 Å². The Kier molecular flexibility index (Phi) is 7.83. The molecule has 182 valence electrons. The molecule has 2 aromatic carbocycles. The predicted molar refractivity (Wildman–Crippen MR) is 127 cm³/mol. The summed E-state index contributed by atoms with van der Waals surface area (Å²) in [6.07, 6.45) is 3.64. The predicted octanol–water partition coefficient (Wildman–Crippen LogP) is 3.62. The van der Waals surface area contributed by atoms with Crippen molar-refractivity contribution in [2.45, 2.75) is 44.1 Å². The van der Waals surface area contributed by atoms with Gasteiger partial charge in [0, 0.05) is 20.0 Å². The van der Waals surface area contributed by atoms with Gasteiger partial charge in [-0.1, -0.05) is 36.4 Å². The molecular weight excluding hydrogens is 435 g/mol. The number of morpholine rings is 1. The fourth-order valence-electron chi connectivity index (χ4n) is 4.80. The first kappa shape index (κ1) is 24.2. The van der Waals surface area contributed by atoms with Crippen LogP contribution in [0.5, 0.6) is 5.75 Å². The van der Waals surface area contributed by atoms with E-state index >= 15 is 0 Å². The van der Waals surface area contributed by atoms with Crippen molar-refractivity contribution < 1.29 is 23.5 Å². The standard InChI is InChI=1S/C27H33FN2O4/c1-29-16-18-33-24-12-5-3-9-22(24)10-6-7-15-27(26(29)32)20-30(17-19-34-27)25(31)14-13-21-8-2-4-11-23(21)28/h2-5,8-9,11-12H,6-7,10,13-20H2,1H3. The van der Waals surface area contributed by atoms with Gasteiger partial charge in [-0.25, -0.2) is 4.39 Å². The number of hydrogen-bond acceptors (Lipinski definition) is 4. The van der Waals surface area contributed by atoms with Gasteiger partial charge in [0.25, 0.3) is 5.91 Å². The maximum Gasteiger partial charge on any atom is 0.256 e. The van der Waals surface area contributed by atoms with E-state index in [1.54, 1.807) is 35.0 Å². The number of benzene rings is 2. The first-order valence-corrected chi connectivity index (χ1v) is 12.1. The number of hydrogen-bond donors (Lipinski definition) is 0. The van der Waals surface area contributed by atoms with Crippen LogP contribution in [0.4, 0.5) is 4.39 Å². The fraction of sp³-hybridized carbons (Fsp3) is 0.481. The highest BCUT2D eigenvalue weighted by Crippen LogP contribution is 2.29. The highest BCUT2D eigenvalue weighted by Gasteiger charge is 2.45. The summed E-state index contributed by atoms with van der Waals surface area (Å²) < 4.78 is 26.1. The van der Waals surface area contributed by atoms with Gasteiger partial charge < -0.3 is 19.3 Å². The number of halogens is 1. The molecule has 4 rings (SSSR count). The van der Waals surface area contributed by atoms with E-state index < -0.39 is 5.60 Å². The maximum absolute atomic E-state index is 14.0. The van der Waals surface area contributed by atoms with Crippen molar-refractivity contribution >= 4 is 11.8 Å². The van der Waals surface area contributed by atoms with Gasteiger partial charge in [-0.05, 0) is 55.4 Å². The number of carbonyl (C=O) groups is 2. The monoisotopic (exact) mass is 468 g/mol. The van der Waals surface area contributed by atoms with E-state index in [1.807, 2.05) is 18.2 Å². The minimum atomic E-state index is -1.06. The number of carbonyl (C=O) groups excluding carboxylic acids is 2. The molecule has 2 aliphatic rings. The number of likely N-dealkylation sites (N-methyl/N-ethyl adjacent to an activating group) is 1. The summed E-state index contributed by atoms with van der Waals surface area (Å²) in [5.74, 6) is 0.383. The third-order valence-electron chi connectivity index (χ3n) is 6.77. The van der Waals surface area contributed by atoms with Crippen molar-refractivity contribution in [1.29, 1.82) is 0 Å². The lowest BCUT2D eigenvalue weighted by atomic mass is 9.91. The van der Waals surface area contributed by atoms with Crippen LogP contribution in [0.25, 0.3) is 0 Å². The molecule has 2 aliphatic heterocycles. The highest BCUT2D eigenvalue weighted by molar-refractivity contribution is 5.87. The summed E-state index contributed by atoms with van der Waals surface area (Å²) >= 11 is 0. The second-order valence-corrected chi connectivity index (χ2v) is 9.14. The first-order chi connectivity index (χ1) is 16.5. The lowest BCUT2D eigenvalue weighted by Crippen LogP contribution is -2.61. The lowest BCUT2D eigenvalue weighted by molar-refractivity contribution is -0.175. The minimum Gasteiger partial charge on any atom is -0.491 e. The number of nitrogens with zero attached hydrogens (tertiary/aromatic N) is 2. The second-order valence-electron chi connectivity index (χ2n) is 9.14. The zero-order valence-electron chi connectivity index (χ0n) is 19.8. The number of aryl methyl sites for hydroxylation is 2. The van der Waals surface area contributed by atoms with Gasteiger partial charge in [-0.2, -0.15) is 0 Å². The van der Waals surface area contributed by atoms with E-state index in [4.69, 9.17) is 9.47 Å². The smallest absolute Gasteiger partial charge is 0.256 e. The Hall–Kier alpha value is -2.93. The van der Waals surface area contributed by atoms with Gasteiger partial charge in [0.05, 0.1) is 19.7 Å². The Morgan fingerprint density at radius 2 is 1.85 bits per heavy atom. The average molecular weight is 469 g/mol. The van der Waals surface area contributed by atoms with Gasteiger partial charge in [0.1, 0.15) is 18.2 Å². The molecule has 34 heavy (non-hydrogen) atoms. The lowest BCUT2D eigenvalue weighted by Gasteiger charge is -2.43. The van der Waals surface area contributed by atoms with E-state index in [1.165, 1.54) is 11.6 Å². The van der Waals surface area contributed by atoms with Crippen LogP contribution in [0.3, 0.4) is 0 Å². The Morgan fingerprint density at radius 3 is 2.71 bits per heavy atom. The van der Waals surface area contributed by atoms with Crippen molar-refractivity contribution in [2.75, 3.05) is 39.9 Å². The van der Waals surface area contributed by atoms with E-state index in [2.05, 4.69) is 6.07 Å². The third-order valence-corrected chi connectivity index (χ3v) is 6.77. The Bertz CT molecular complexity index is 1010. The Morgan fingerprint density at radius 1 is 1.06 bits per heavy atom.